The molecule has 0 saturated carbocycles. The van der Waals surface area contributed by atoms with Gasteiger partial charge < -0.3 is 10.1 Å². The first-order chi connectivity index (χ1) is 7.63. The Kier molecular flexibility index (Phi) is 5.42. The Bertz CT molecular complexity index is 360. The monoisotopic (exact) mass is 289 g/mol. The first kappa shape index (κ1) is 13.1. The molecule has 1 rings (SSSR count). The van der Waals surface area contributed by atoms with E-state index in [1.54, 1.807) is 6.07 Å². The van der Waals surface area contributed by atoms with Crippen LogP contribution >= 0.6 is 15.9 Å². The van der Waals surface area contributed by atoms with Gasteiger partial charge in [0, 0.05) is 13.1 Å². The predicted molar refractivity (Wildman–Crippen MR) is 62.8 cm³/mol. The minimum absolute atomic E-state index is 0.261. The van der Waals surface area contributed by atoms with Gasteiger partial charge in [-0.1, -0.05) is 28.1 Å². The largest absolute Gasteiger partial charge is 0.468 e. The zero-order chi connectivity index (χ0) is 12.0. The van der Waals surface area contributed by atoms with Crippen molar-refractivity contribution in [3.8, 4) is 0 Å². The molecule has 0 aromatic heterocycles. The first-order valence-electron chi connectivity index (χ1n) is 4.80. The highest BCUT2D eigenvalue weighted by molar-refractivity contribution is 9.10. The molecule has 0 aliphatic rings. The van der Waals surface area contributed by atoms with Crippen molar-refractivity contribution in [1.29, 1.82) is 0 Å². The number of benzene rings is 1. The summed E-state index contributed by atoms with van der Waals surface area (Å²) in [6.07, 6.45) is 0. The molecular weight excluding hydrogens is 277 g/mol. The van der Waals surface area contributed by atoms with Crippen molar-refractivity contribution in [2.75, 3.05) is 13.7 Å². The van der Waals surface area contributed by atoms with Gasteiger partial charge in [0.25, 0.3) is 0 Å². The lowest BCUT2D eigenvalue weighted by Gasteiger charge is -2.09. The normalized spacial score (nSPS) is 12.2. The third-order valence-corrected chi connectivity index (χ3v) is 2.70. The maximum absolute atomic E-state index is 12.8. The second kappa shape index (κ2) is 6.60. The van der Waals surface area contributed by atoms with Crippen molar-refractivity contribution >= 4 is 21.9 Å². The van der Waals surface area contributed by atoms with Crippen LogP contribution in [0.4, 0.5) is 4.39 Å². The number of esters is 1. The number of carbonyl (C=O) groups is 1. The molecule has 88 valence electrons. The number of halogens is 2. The number of ether oxygens (including phenoxy) is 1. The average Bonchev–Trinajstić information content (AvgIpc) is 2.28. The van der Waals surface area contributed by atoms with Crippen LogP contribution in [0.1, 0.15) is 5.56 Å². The van der Waals surface area contributed by atoms with Gasteiger partial charge in [-0.15, -0.1) is 0 Å². The molecule has 0 heterocycles. The highest BCUT2D eigenvalue weighted by atomic mass is 79.9. The van der Waals surface area contributed by atoms with Crippen LogP contribution in [0.15, 0.2) is 24.3 Å². The Balaban J connectivity index is 2.33. The quantitative estimate of drug-likeness (QED) is 0.664. The summed E-state index contributed by atoms with van der Waals surface area (Å²) in [7, 11) is 1.34. The van der Waals surface area contributed by atoms with E-state index in [4.69, 9.17) is 0 Å². The maximum Gasteiger partial charge on any atom is 0.320 e. The van der Waals surface area contributed by atoms with Gasteiger partial charge in [0.05, 0.1) is 7.11 Å². The van der Waals surface area contributed by atoms with Gasteiger partial charge in [-0.25, -0.2) is 4.39 Å². The van der Waals surface area contributed by atoms with Crippen LogP contribution in [0.25, 0.3) is 0 Å². The smallest absolute Gasteiger partial charge is 0.320 e. The van der Waals surface area contributed by atoms with E-state index in [0.717, 1.165) is 5.56 Å². The minimum atomic E-state index is -0.383. The molecule has 1 atom stereocenters. The molecule has 16 heavy (non-hydrogen) atoms. The Hall–Kier alpha value is -0.940. The van der Waals surface area contributed by atoms with Gasteiger partial charge in [-0.2, -0.15) is 0 Å². The number of carbonyl (C=O) groups excluding carboxylic acids is 1. The van der Waals surface area contributed by atoms with E-state index in [1.807, 2.05) is 6.07 Å². The summed E-state index contributed by atoms with van der Waals surface area (Å²) in [6.45, 7) is 0.944. The van der Waals surface area contributed by atoms with Crippen molar-refractivity contribution in [3.63, 3.8) is 0 Å². The molecule has 1 aromatic carbocycles. The second-order valence-corrected chi connectivity index (χ2v) is 4.36. The minimum Gasteiger partial charge on any atom is -0.468 e. The van der Waals surface area contributed by atoms with Gasteiger partial charge in [0.2, 0.25) is 0 Å². The summed E-state index contributed by atoms with van der Waals surface area (Å²) < 4.78 is 17.4. The summed E-state index contributed by atoms with van der Waals surface area (Å²) in [5.41, 5.74) is 0.838. The average molecular weight is 290 g/mol. The molecule has 1 aromatic rings. The number of hydrogen-bond acceptors (Lipinski definition) is 3. The van der Waals surface area contributed by atoms with Gasteiger partial charge >= 0.3 is 5.97 Å². The summed E-state index contributed by atoms with van der Waals surface area (Å²) in [5, 5.41) is 3.03. The third-order valence-electron chi connectivity index (χ3n) is 2.00. The molecule has 1 N–H and O–H groups in total. The summed E-state index contributed by atoms with van der Waals surface area (Å²) in [4.78, 5) is 10.7. The van der Waals surface area contributed by atoms with Crippen LogP contribution in [0.2, 0.25) is 0 Å². The fourth-order valence-electron chi connectivity index (χ4n) is 1.20. The lowest BCUT2D eigenvalue weighted by Crippen LogP contribution is -2.29. The highest BCUT2D eigenvalue weighted by Crippen LogP contribution is 2.04. The van der Waals surface area contributed by atoms with Gasteiger partial charge in [-0.05, 0) is 17.7 Å². The highest BCUT2D eigenvalue weighted by Gasteiger charge is 2.13. The second-order valence-electron chi connectivity index (χ2n) is 3.25. The zero-order valence-corrected chi connectivity index (χ0v) is 10.5. The van der Waals surface area contributed by atoms with Crippen LogP contribution in [-0.2, 0) is 16.1 Å². The predicted octanol–water partition coefficient (Wildman–Crippen LogP) is 1.85. The topological polar surface area (TPSA) is 38.3 Å². The fourth-order valence-corrected chi connectivity index (χ4v) is 1.62. The van der Waals surface area contributed by atoms with Crippen molar-refractivity contribution in [1.82, 2.24) is 5.32 Å². The Labute approximate surface area is 102 Å². The number of rotatable bonds is 5. The standard InChI is InChI=1S/C11H13BrFNO2/c1-16-11(15)10(12)7-14-6-8-3-2-4-9(13)5-8/h2-5,10,14H,6-7H2,1H3. The van der Waals surface area contributed by atoms with E-state index >= 15 is 0 Å². The summed E-state index contributed by atoms with van der Waals surface area (Å²) in [6, 6.07) is 6.31. The Morgan fingerprint density at radius 3 is 3.00 bits per heavy atom. The van der Waals surface area contributed by atoms with Gasteiger partial charge in [0.15, 0.2) is 0 Å². The van der Waals surface area contributed by atoms with Crippen molar-refractivity contribution in [3.05, 3.63) is 35.6 Å². The molecule has 5 heteroatoms. The SMILES string of the molecule is COC(=O)C(Br)CNCc1cccc(F)c1. The number of nitrogens with one attached hydrogen (secondary N) is 1. The van der Waals surface area contributed by atoms with Crippen molar-refractivity contribution in [2.24, 2.45) is 0 Å². The van der Waals surface area contributed by atoms with Crippen LogP contribution in [0.5, 0.6) is 0 Å². The van der Waals surface area contributed by atoms with Crippen LogP contribution in [0, 0.1) is 5.82 Å². The van der Waals surface area contributed by atoms with E-state index in [9.17, 15) is 9.18 Å². The van der Waals surface area contributed by atoms with E-state index in [2.05, 4.69) is 26.0 Å². The molecular formula is C11H13BrFNO2. The molecule has 0 spiro atoms. The van der Waals surface area contributed by atoms with Crippen LogP contribution < -0.4 is 5.32 Å². The van der Waals surface area contributed by atoms with E-state index in [-0.39, 0.29) is 16.6 Å². The molecule has 3 nitrogen and oxygen atoms in total. The lowest BCUT2D eigenvalue weighted by atomic mass is 10.2. The molecule has 0 radical (unpaired) electrons. The molecule has 0 bridgehead atoms. The van der Waals surface area contributed by atoms with E-state index < -0.39 is 0 Å². The lowest BCUT2D eigenvalue weighted by molar-refractivity contribution is -0.139. The van der Waals surface area contributed by atoms with Gasteiger partial charge in [-0.3, -0.25) is 4.79 Å². The molecule has 0 saturated heterocycles. The summed E-state index contributed by atoms with van der Waals surface area (Å²) >= 11 is 3.18. The number of hydrogen-bond donors (Lipinski definition) is 1. The Morgan fingerprint density at radius 1 is 1.62 bits per heavy atom. The Morgan fingerprint density at radius 2 is 2.38 bits per heavy atom. The molecule has 1 unspecified atom stereocenters. The number of alkyl halides is 1. The summed E-state index contributed by atoms with van der Waals surface area (Å²) in [5.74, 6) is -0.589. The third kappa shape index (κ3) is 4.28. The van der Waals surface area contributed by atoms with Gasteiger partial charge in [0.1, 0.15) is 10.6 Å². The molecule has 0 fully saturated rings. The molecule has 0 amide bonds. The van der Waals surface area contributed by atoms with E-state index in [1.165, 1.54) is 19.2 Å². The maximum atomic E-state index is 12.8. The molecule has 0 aliphatic heterocycles. The molecule has 0 aliphatic carbocycles. The van der Waals surface area contributed by atoms with Crippen molar-refractivity contribution in [2.45, 2.75) is 11.4 Å². The number of methoxy groups -OCH3 is 1. The zero-order valence-electron chi connectivity index (χ0n) is 8.87. The van der Waals surface area contributed by atoms with Crippen LogP contribution in [0.3, 0.4) is 0 Å². The first-order valence-corrected chi connectivity index (χ1v) is 5.72. The fraction of sp³-hybridized carbons (Fsp3) is 0.364. The van der Waals surface area contributed by atoms with Crippen molar-refractivity contribution < 1.29 is 13.9 Å². The van der Waals surface area contributed by atoms with E-state index in [0.29, 0.717) is 13.1 Å². The van der Waals surface area contributed by atoms with Crippen LogP contribution in [-0.4, -0.2) is 24.5 Å².